The lowest BCUT2D eigenvalue weighted by atomic mass is 9.89. The Morgan fingerprint density at radius 3 is 2.03 bits per heavy atom. The van der Waals surface area contributed by atoms with Gasteiger partial charge in [0.25, 0.3) is 0 Å². The van der Waals surface area contributed by atoms with Crippen LogP contribution in [0.1, 0.15) is 36.1 Å². The lowest BCUT2D eigenvalue weighted by molar-refractivity contribution is 0.388. The smallest absolute Gasteiger partial charge is 0.122 e. The molecule has 1 N–H and O–H groups in total. The Balaban J connectivity index is 1.78. The van der Waals surface area contributed by atoms with Crippen molar-refractivity contribution in [3.63, 3.8) is 0 Å². The number of methoxy groups -OCH3 is 3. The van der Waals surface area contributed by atoms with Crippen molar-refractivity contribution >= 4 is 12.2 Å². The van der Waals surface area contributed by atoms with E-state index in [9.17, 15) is 0 Å². The third kappa shape index (κ3) is 6.14. The van der Waals surface area contributed by atoms with E-state index in [4.69, 9.17) is 14.2 Å². The number of ether oxygens (including phenoxy) is 3. The number of benzene rings is 3. The molecule has 3 aromatic rings. The zero-order valence-corrected chi connectivity index (χ0v) is 19.6. The monoisotopic (exact) mass is 431 g/mol. The predicted octanol–water partition coefficient (Wildman–Crippen LogP) is 5.95. The van der Waals surface area contributed by atoms with Crippen molar-refractivity contribution in [3.8, 4) is 17.2 Å². The minimum Gasteiger partial charge on any atom is -0.497 e. The summed E-state index contributed by atoms with van der Waals surface area (Å²) in [6.07, 6.45) is 5.17. The SMILES string of the molecule is COc1cc(CCNC(C)(C)c2cc(OC)ccc2/C=C/c2ccccc2)cc(OC)c1. The van der Waals surface area contributed by atoms with Gasteiger partial charge in [-0.05, 0) is 73.3 Å². The Morgan fingerprint density at radius 1 is 0.750 bits per heavy atom. The Hall–Kier alpha value is -3.24. The average molecular weight is 432 g/mol. The van der Waals surface area contributed by atoms with Gasteiger partial charge in [-0.3, -0.25) is 0 Å². The van der Waals surface area contributed by atoms with Crippen LogP contribution in [0.5, 0.6) is 17.2 Å². The highest BCUT2D eigenvalue weighted by Gasteiger charge is 2.23. The lowest BCUT2D eigenvalue weighted by Gasteiger charge is -2.29. The fraction of sp³-hybridized carbons (Fsp3) is 0.286. The van der Waals surface area contributed by atoms with Gasteiger partial charge in [0.15, 0.2) is 0 Å². The fourth-order valence-corrected chi connectivity index (χ4v) is 3.72. The van der Waals surface area contributed by atoms with Crippen LogP contribution in [0.15, 0.2) is 66.7 Å². The summed E-state index contributed by atoms with van der Waals surface area (Å²) in [6, 6.07) is 22.6. The van der Waals surface area contributed by atoms with Crippen molar-refractivity contribution in [2.75, 3.05) is 27.9 Å². The highest BCUT2D eigenvalue weighted by Crippen LogP contribution is 2.30. The average Bonchev–Trinajstić information content (AvgIpc) is 2.82. The van der Waals surface area contributed by atoms with Gasteiger partial charge in [-0.15, -0.1) is 0 Å². The Morgan fingerprint density at radius 2 is 1.41 bits per heavy atom. The van der Waals surface area contributed by atoms with E-state index in [1.54, 1.807) is 21.3 Å². The molecule has 4 heteroatoms. The van der Waals surface area contributed by atoms with Crippen molar-refractivity contribution < 1.29 is 14.2 Å². The molecule has 0 bridgehead atoms. The first-order valence-electron chi connectivity index (χ1n) is 10.8. The van der Waals surface area contributed by atoms with Gasteiger partial charge in [0, 0.05) is 11.6 Å². The molecule has 0 spiro atoms. The van der Waals surface area contributed by atoms with Crippen LogP contribution in [0.2, 0.25) is 0 Å². The highest BCUT2D eigenvalue weighted by molar-refractivity contribution is 5.72. The van der Waals surface area contributed by atoms with Crippen LogP contribution in [0, 0.1) is 0 Å². The molecule has 4 nitrogen and oxygen atoms in total. The summed E-state index contributed by atoms with van der Waals surface area (Å²) < 4.78 is 16.3. The third-order valence-electron chi connectivity index (χ3n) is 5.58. The summed E-state index contributed by atoms with van der Waals surface area (Å²) in [4.78, 5) is 0. The minimum absolute atomic E-state index is 0.256. The second-order valence-corrected chi connectivity index (χ2v) is 8.22. The molecule has 0 aliphatic rings. The highest BCUT2D eigenvalue weighted by atomic mass is 16.5. The second kappa shape index (κ2) is 10.9. The van der Waals surface area contributed by atoms with Crippen molar-refractivity contribution in [2.24, 2.45) is 0 Å². The van der Waals surface area contributed by atoms with Crippen LogP contribution in [0.25, 0.3) is 12.2 Å². The maximum absolute atomic E-state index is 5.51. The molecular weight excluding hydrogens is 398 g/mol. The van der Waals surface area contributed by atoms with Crippen LogP contribution in [-0.2, 0) is 12.0 Å². The van der Waals surface area contributed by atoms with E-state index < -0.39 is 0 Å². The summed E-state index contributed by atoms with van der Waals surface area (Å²) in [5.74, 6) is 2.46. The quantitative estimate of drug-likeness (QED) is 0.403. The fourth-order valence-electron chi connectivity index (χ4n) is 3.72. The van der Waals surface area contributed by atoms with Gasteiger partial charge in [0.2, 0.25) is 0 Å². The van der Waals surface area contributed by atoms with Crippen LogP contribution < -0.4 is 19.5 Å². The van der Waals surface area contributed by atoms with Crippen molar-refractivity contribution in [3.05, 3.63) is 89.0 Å². The molecular formula is C28H33NO3. The van der Waals surface area contributed by atoms with Crippen LogP contribution >= 0.6 is 0 Å². The van der Waals surface area contributed by atoms with E-state index in [1.165, 1.54) is 16.7 Å². The molecule has 0 aliphatic carbocycles. The zero-order valence-electron chi connectivity index (χ0n) is 19.6. The lowest BCUT2D eigenvalue weighted by Crippen LogP contribution is -2.38. The number of nitrogens with one attached hydrogen (secondary N) is 1. The standard InChI is InChI=1S/C28H33NO3/c1-28(2,29-16-15-22-17-25(31-4)19-26(18-22)32-5)27-20-24(30-3)14-13-23(27)12-11-21-9-7-6-8-10-21/h6-14,17-20,29H,15-16H2,1-5H3/b12-11+. The maximum Gasteiger partial charge on any atom is 0.122 e. The minimum atomic E-state index is -0.256. The van der Waals surface area contributed by atoms with Gasteiger partial charge in [0.1, 0.15) is 17.2 Å². The second-order valence-electron chi connectivity index (χ2n) is 8.22. The molecule has 168 valence electrons. The molecule has 0 atom stereocenters. The first kappa shape index (κ1) is 23.4. The molecule has 0 unspecified atom stereocenters. The summed E-state index contributed by atoms with van der Waals surface area (Å²) in [6.45, 7) is 5.21. The Bertz CT molecular complexity index is 1020. The maximum atomic E-state index is 5.51. The summed E-state index contributed by atoms with van der Waals surface area (Å²) in [7, 11) is 5.05. The number of hydrogen-bond acceptors (Lipinski definition) is 4. The first-order chi connectivity index (χ1) is 15.4. The van der Waals surface area contributed by atoms with Gasteiger partial charge in [-0.25, -0.2) is 0 Å². The molecule has 0 saturated heterocycles. The van der Waals surface area contributed by atoms with E-state index in [2.05, 4.69) is 67.7 Å². The molecule has 3 aromatic carbocycles. The van der Waals surface area contributed by atoms with E-state index in [-0.39, 0.29) is 5.54 Å². The molecule has 0 heterocycles. The third-order valence-corrected chi connectivity index (χ3v) is 5.58. The van der Waals surface area contributed by atoms with Gasteiger partial charge in [-0.1, -0.05) is 48.6 Å². The van der Waals surface area contributed by atoms with E-state index in [1.807, 2.05) is 30.3 Å². The van der Waals surface area contributed by atoms with Gasteiger partial charge in [-0.2, -0.15) is 0 Å². The van der Waals surface area contributed by atoms with E-state index in [0.717, 1.165) is 35.8 Å². The summed E-state index contributed by atoms with van der Waals surface area (Å²) >= 11 is 0. The van der Waals surface area contributed by atoms with Crippen molar-refractivity contribution in [2.45, 2.75) is 25.8 Å². The molecule has 3 rings (SSSR count). The van der Waals surface area contributed by atoms with Crippen molar-refractivity contribution in [1.29, 1.82) is 0 Å². The van der Waals surface area contributed by atoms with E-state index >= 15 is 0 Å². The molecule has 0 aromatic heterocycles. The van der Waals surface area contributed by atoms with E-state index in [0.29, 0.717) is 0 Å². The molecule has 0 aliphatic heterocycles. The van der Waals surface area contributed by atoms with Gasteiger partial charge >= 0.3 is 0 Å². The first-order valence-corrected chi connectivity index (χ1v) is 10.8. The topological polar surface area (TPSA) is 39.7 Å². The largest absolute Gasteiger partial charge is 0.497 e. The van der Waals surface area contributed by atoms with Crippen LogP contribution in [0.4, 0.5) is 0 Å². The summed E-state index contributed by atoms with van der Waals surface area (Å²) in [5, 5.41) is 3.72. The molecule has 0 amide bonds. The zero-order chi connectivity index (χ0) is 23.0. The number of hydrogen-bond donors (Lipinski definition) is 1. The van der Waals surface area contributed by atoms with Crippen LogP contribution in [0.3, 0.4) is 0 Å². The van der Waals surface area contributed by atoms with Crippen LogP contribution in [-0.4, -0.2) is 27.9 Å². The molecule has 0 radical (unpaired) electrons. The Kier molecular flexibility index (Phi) is 7.96. The van der Waals surface area contributed by atoms with Gasteiger partial charge < -0.3 is 19.5 Å². The molecule has 32 heavy (non-hydrogen) atoms. The van der Waals surface area contributed by atoms with Crippen molar-refractivity contribution in [1.82, 2.24) is 5.32 Å². The number of rotatable bonds is 10. The Labute approximate surface area is 191 Å². The molecule has 0 fully saturated rings. The molecule has 0 saturated carbocycles. The van der Waals surface area contributed by atoms with Gasteiger partial charge in [0.05, 0.1) is 21.3 Å². The summed E-state index contributed by atoms with van der Waals surface area (Å²) in [5.41, 5.74) is 4.43. The predicted molar refractivity (Wildman–Crippen MR) is 133 cm³/mol. The normalized spacial score (nSPS) is 11.5.